The van der Waals surface area contributed by atoms with Crippen molar-refractivity contribution in [2.24, 2.45) is 0 Å². The molecule has 0 saturated carbocycles. The molecule has 3 atom stereocenters. The van der Waals surface area contributed by atoms with Crippen LogP contribution in [-0.2, 0) is 14.6 Å². The van der Waals surface area contributed by atoms with E-state index in [1.165, 1.54) is 6.26 Å². The summed E-state index contributed by atoms with van der Waals surface area (Å²) in [6, 6.07) is 0.605. The fourth-order valence-corrected chi connectivity index (χ4v) is 2.57. The fraction of sp³-hybridized carbons (Fsp3) is 1.00. The first-order valence-corrected chi connectivity index (χ1v) is 7.50. The molecule has 0 spiro atoms. The van der Waals surface area contributed by atoms with Crippen LogP contribution < -0.4 is 5.32 Å². The van der Waals surface area contributed by atoms with Gasteiger partial charge in [0.1, 0.15) is 9.84 Å². The lowest BCUT2D eigenvalue weighted by Gasteiger charge is -2.21. The van der Waals surface area contributed by atoms with Crippen molar-refractivity contribution in [1.82, 2.24) is 5.32 Å². The largest absolute Gasteiger partial charge is 0.377 e. The first-order chi connectivity index (χ1) is 6.88. The normalized spacial score (nSPS) is 29.3. The fourth-order valence-electron chi connectivity index (χ4n) is 1.79. The van der Waals surface area contributed by atoms with Gasteiger partial charge in [0.25, 0.3) is 0 Å². The summed E-state index contributed by atoms with van der Waals surface area (Å²) in [5, 5.41) is 3.41. The molecule has 0 aromatic heterocycles. The van der Waals surface area contributed by atoms with Crippen LogP contribution in [0.5, 0.6) is 0 Å². The van der Waals surface area contributed by atoms with Gasteiger partial charge in [-0.15, -0.1) is 0 Å². The molecule has 1 N–H and O–H groups in total. The van der Waals surface area contributed by atoms with Crippen LogP contribution in [0.3, 0.4) is 0 Å². The van der Waals surface area contributed by atoms with Crippen molar-refractivity contribution in [3.63, 3.8) is 0 Å². The number of hydrogen-bond acceptors (Lipinski definition) is 4. The van der Waals surface area contributed by atoms with Gasteiger partial charge in [-0.05, 0) is 26.7 Å². The summed E-state index contributed by atoms with van der Waals surface area (Å²) in [5.74, 6) is 0.253. The van der Waals surface area contributed by atoms with Gasteiger partial charge in [0.05, 0.1) is 11.9 Å². The minimum Gasteiger partial charge on any atom is -0.377 e. The van der Waals surface area contributed by atoms with Gasteiger partial charge in [-0.2, -0.15) is 0 Å². The molecule has 0 radical (unpaired) electrons. The third-order valence-electron chi connectivity index (χ3n) is 2.80. The van der Waals surface area contributed by atoms with Crippen LogP contribution in [0.2, 0.25) is 0 Å². The van der Waals surface area contributed by atoms with Crippen LogP contribution in [0.25, 0.3) is 0 Å². The van der Waals surface area contributed by atoms with Crippen LogP contribution in [0.15, 0.2) is 0 Å². The average Bonchev–Trinajstić information content (AvgIpc) is 2.47. The standard InChI is InChI=1S/C10H21NO3S/c1-8(5-7-15(3,12)13)11-10-4-6-14-9(10)2/h8-11H,4-7H2,1-3H3. The zero-order valence-electron chi connectivity index (χ0n) is 9.69. The molecule has 0 amide bonds. The van der Waals surface area contributed by atoms with Gasteiger partial charge in [0.2, 0.25) is 0 Å². The highest BCUT2D eigenvalue weighted by Crippen LogP contribution is 2.13. The SMILES string of the molecule is CC(CCS(C)(=O)=O)NC1CCOC1C. The number of hydrogen-bond donors (Lipinski definition) is 1. The molecule has 1 heterocycles. The second-order valence-corrected chi connectivity index (χ2v) is 6.72. The minimum absolute atomic E-state index is 0.230. The van der Waals surface area contributed by atoms with Crippen molar-refractivity contribution in [3.05, 3.63) is 0 Å². The molecular weight excluding hydrogens is 214 g/mol. The van der Waals surface area contributed by atoms with Crippen LogP contribution >= 0.6 is 0 Å². The molecule has 0 aromatic carbocycles. The summed E-state index contributed by atoms with van der Waals surface area (Å²) in [7, 11) is -2.84. The summed E-state index contributed by atoms with van der Waals surface area (Å²) >= 11 is 0. The molecule has 1 aliphatic rings. The highest BCUT2D eigenvalue weighted by molar-refractivity contribution is 7.90. The highest BCUT2D eigenvalue weighted by Gasteiger charge is 2.25. The van der Waals surface area contributed by atoms with Gasteiger partial charge in [0, 0.05) is 24.9 Å². The smallest absolute Gasteiger partial charge is 0.147 e. The first kappa shape index (κ1) is 12.9. The molecule has 1 saturated heterocycles. The predicted molar refractivity (Wildman–Crippen MR) is 60.7 cm³/mol. The first-order valence-electron chi connectivity index (χ1n) is 5.44. The lowest BCUT2D eigenvalue weighted by atomic mass is 10.1. The maximum atomic E-state index is 11.0. The number of nitrogens with one attached hydrogen (secondary N) is 1. The Labute approximate surface area is 92.3 Å². The van der Waals surface area contributed by atoms with E-state index in [9.17, 15) is 8.42 Å². The van der Waals surface area contributed by atoms with Gasteiger partial charge < -0.3 is 10.1 Å². The van der Waals surface area contributed by atoms with Crippen LogP contribution in [-0.4, -0.2) is 45.2 Å². The Morgan fingerprint density at radius 3 is 2.67 bits per heavy atom. The van der Waals surface area contributed by atoms with E-state index >= 15 is 0 Å². The molecule has 0 bridgehead atoms. The van der Waals surface area contributed by atoms with E-state index in [-0.39, 0.29) is 17.9 Å². The third-order valence-corrected chi connectivity index (χ3v) is 3.77. The lowest BCUT2D eigenvalue weighted by molar-refractivity contribution is 0.111. The maximum Gasteiger partial charge on any atom is 0.147 e. The summed E-state index contributed by atoms with van der Waals surface area (Å²) in [6.07, 6.45) is 3.21. The van der Waals surface area contributed by atoms with Crippen molar-refractivity contribution in [2.45, 2.75) is 44.9 Å². The Balaban J connectivity index is 2.26. The summed E-state index contributed by atoms with van der Waals surface area (Å²) in [6.45, 7) is 4.88. The molecule has 90 valence electrons. The van der Waals surface area contributed by atoms with E-state index in [2.05, 4.69) is 5.32 Å². The van der Waals surface area contributed by atoms with E-state index in [4.69, 9.17) is 4.74 Å². The number of sulfone groups is 1. The van der Waals surface area contributed by atoms with E-state index < -0.39 is 9.84 Å². The van der Waals surface area contributed by atoms with Gasteiger partial charge in [-0.3, -0.25) is 0 Å². The topological polar surface area (TPSA) is 55.4 Å². The molecule has 1 aliphatic heterocycles. The van der Waals surface area contributed by atoms with Gasteiger partial charge in [0.15, 0.2) is 0 Å². The molecular formula is C10H21NO3S. The molecule has 0 aliphatic carbocycles. The minimum atomic E-state index is -2.84. The highest BCUT2D eigenvalue weighted by atomic mass is 32.2. The zero-order valence-corrected chi connectivity index (χ0v) is 10.5. The molecule has 15 heavy (non-hydrogen) atoms. The van der Waals surface area contributed by atoms with E-state index in [1.807, 2.05) is 13.8 Å². The van der Waals surface area contributed by atoms with Crippen molar-refractivity contribution in [3.8, 4) is 0 Å². The van der Waals surface area contributed by atoms with E-state index in [0.29, 0.717) is 12.5 Å². The van der Waals surface area contributed by atoms with Crippen molar-refractivity contribution in [2.75, 3.05) is 18.6 Å². The Morgan fingerprint density at radius 1 is 1.53 bits per heavy atom. The van der Waals surface area contributed by atoms with Crippen LogP contribution in [0.4, 0.5) is 0 Å². The Hall–Kier alpha value is -0.130. The van der Waals surface area contributed by atoms with Crippen molar-refractivity contribution < 1.29 is 13.2 Å². The van der Waals surface area contributed by atoms with Crippen molar-refractivity contribution >= 4 is 9.84 Å². The Kier molecular flexibility index (Phi) is 4.55. The molecule has 1 fully saturated rings. The van der Waals surface area contributed by atoms with Gasteiger partial charge in [-0.1, -0.05) is 0 Å². The third kappa shape index (κ3) is 4.95. The molecule has 3 unspecified atom stereocenters. The van der Waals surface area contributed by atoms with Gasteiger partial charge >= 0.3 is 0 Å². The average molecular weight is 235 g/mol. The monoisotopic (exact) mass is 235 g/mol. The number of rotatable bonds is 5. The van der Waals surface area contributed by atoms with Gasteiger partial charge in [-0.25, -0.2) is 8.42 Å². The van der Waals surface area contributed by atoms with Crippen molar-refractivity contribution in [1.29, 1.82) is 0 Å². The summed E-state index contributed by atoms with van der Waals surface area (Å²) < 4.78 is 27.4. The molecule has 1 rings (SSSR count). The summed E-state index contributed by atoms with van der Waals surface area (Å²) in [5.41, 5.74) is 0. The second kappa shape index (κ2) is 5.27. The quantitative estimate of drug-likeness (QED) is 0.757. The Morgan fingerprint density at radius 2 is 2.20 bits per heavy atom. The Bertz CT molecular complexity index is 289. The summed E-state index contributed by atoms with van der Waals surface area (Å²) in [4.78, 5) is 0. The molecule has 4 nitrogen and oxygen atoms in total. The van der Waals surface area contributed by atoms with E-state index in [1.54, 1.807) is 0 Å². The molecule has 5 heteroatoms. The predicted octanol–water partition coefficient (Wildman–Crippen LogP) is 0.577. The van der Waals surface area contributed by atoms with E-state index in [0.717, 1.165) is 13.0 Å². The maximum absolute atomic E-state index is 11.0. The van der Waals surface area contributed by atoms with Crippen LogP contribution in [0, 0.1) is 0 Å². The lowest BCUT2D eigenvalue weighted by Crippen LogP contribution is -2.41. The number of ether oxygens (including phenoxy) is 1. The van der Waals surface area contributed by atoms with Crippen LogP contribution in [0.1, 0.15) is 26.7 Å². The zero-order chi connectivity index (χ0) is 11.5. The second-order valence-electron chi connectivity index (χ2n) is 4.46. The molecule has 0 aromatic rings.